The second-order valence-electron chi connectivity index (χ2n) is 15.2. The van der Waals surface area contributed by atoms with E-state index in [4.69, 9.17) is 9.47 Å². The molecule has 2 N–H and O–H groups in total. The monoisotopic (exact) mass is 738 g/mol. The number of nitrogens with zero attached hydrogens (tertiary/aromatic N) is 5. The van der Waals surface area contributed by atoms with E-state index in [0.29, 0.717) is 31.0 Å². The number of likely N-dealkylation sites (tertiary alicyclic amines) is 1. The molecule has 4 heterocycles. The number of imide groups is 1. The number of halogens is 3. The molecule has 6 rings (SSSR count). The third-order valence-electron chi connectivity index (χ3n) is 10.00. The average Bonchev–Trinajstić information content (AvgIpc) is 3.64. The number of piperidine rings is 2. The van der Waals surface area contributed by atoms with Crippen molar-refractivity contribution in [2.24, 2.45) is 24.0 Å². The zero-order valence-corrected chi connectivity index (χ0v) is 30.5. The molecule has 1 aromatic carbocycles. The van der Waals surface area contributed by atoms with Gasteiger partial charge < -0.3 is 9.47 Å². The van der Waals surface area contributed by atoms with E-state index >= 15 is 4.39 Å². The first kappa shape index (κ1) is 38.2. The standard InChI is InChI=1S/C38H46F3N7O5/c1-38(2,3)53-37(51)42-29-22-48(45-33(29)35(40)41)20-24-12-10-23(11-13-24)19-47-17-16-30(28(39)21-47)52-18-6-8-25-7-5-9-26-32(44-46(4)34(25)26)27-14-15-31(49)43-36(27)50/h5,7,9,20,22-24,27-28,30,35H,10-19,21H2,1-4H3,(H-,42,43,49,50,51)/p+1/b48-20-/t23?,24?,27?,28-,30+/m1/s1. The zero-order chi connectivity index (χ0) is 37.9. The minimum Gasteiger partial charge on any atom is -0.444 e. The largest absolute Gasteiger partial charge is 0.444 e. The van der Waals surface area contributed by atoms with Crippen LogP contribution in [0.3, 0.4) is 0 Å². The number of aromatic nitrogens is 2. The highest BCUT2D eigenvalue weighted by atomic mass is 19.3. The van der Waals surface area contributed by atoms with Crippen LogP contribution in [0.4, 0.5) is 18.0 Å². The molecule has 0 spiro atoms. The van der Waals surface area contributed by atoms with Gasteiger partial charge in [0, 0.05) is 49.5 Å². The number of benzene rings is 1. The minimum absolute atomic E-state index is 0.0768. The summed E-state index contributed by atoms with van der Waals surface area (Å²) in [6, 6.07) is 5.62. The summed E-state index contributed by atoms with van der Waals surface area (Å²) in [5.41, 5.74) is 0.770. The molecule has 1 aliphatic carbocycles. The molecule has 1 saturated carbocycles. The van der Waals surface area contributed by atoms with E-state index < -0.39 is 42.0 Å². The van der Waals surface area contributed by atoms with Crippen molar-refractivity contribution in [1.82, 2.24) is 25.3 Å². The highest BCUT2D eigenvalue weighted by Gasteiger charge is 2.35. The molecule has 3 fully saturated rings. The molecule has 0 bridgehead atoms. The summed E-state index contributed by atoms with van der Waals surface area (Å²) in [5.74, 6) is 5.58. The molecule has 0 radical (unpaired) electrons. The van der Waals surface area contributed by atoms with Gasteiger partial charge in [0.25, 0.3) is 6.43 Å². The highest BCUT2D eigenvalue weighted by molar-refractivity contribution is 6.04. The molecule has 53 heavy (non-hydrogen) atoms. The Hall–Kier alpha value is -4.55. The van der Waals surface area contributed by atoms with Crippen LogP contribution in [0.2, 0.25) is 0 Å². The van der Waals surface area contributed by atoms with Crippen molar-refractivity contribution in [2.75, 3.05) is 26.2 Å². The lowest BCUT2D eigenvalue weighted by atomic mass is 9.82. The van der Waals surface area contributed by atoms with E-state index in [-0.39, 0.29) is 36.5 Å². The van der Waals surface area contributed by atoms with Crippen LogP contribution in [-0.4, -0.2) is 99.7 Å². The van der Waals surface area contributed by atoms with Gasteiger partial charge in [-0.2, -0.15) is 5.10 Å². The van der Waals surface area contributed by atoms with Crippen LogP contribution in [-0.2, 0) is 26.1 Å². The second-order valence-corrected chi connectivity index (χ2v) is 15.2. The molecule has 1 aromatic heterocycles. The minimum atomic E-state index is -2.86. The molecule has 2 saturated heterocycles. The Morgan fingerprint density at radius 2 is 1.94 bits per heavy atom. The fourth-order valence-corrected chi connectivity index (χ4v) is 7.51. The van der Waals surface area contributed by atoms with E-state index in [1.807, 2.05) is 24.4 Å². The third-order valence-corrected chi connectivity index (χ3v) is 10.00. The number of rotatable bonds is 8. The number of nitrogens with one attached hydrogen (secondary N) is 2. The van der Waals surface area contributed by atoms with Gasteiger partial charge in [-0.05, 0) is 71.3 Å². The summed E-state index contributed by atoms with van der Waals surface area (Å²) < 4.78 is 56.7. The first-order chi connectivity index (χ1) is 25.2. The van der Waals surface area contributed by atoms with Crippen LogP contribution in [0.25, 0.3) is 10.9 Å². The van der Waals surface area contributed by atoms with E-state index in [9.17, 15) is 23.2 Å². The normalized spacial score (nSPS) is 26.3. The third kappa shape index (κ3) is 9.52. The van der Waals surface area contributed by atoms with Crippen LogP contribution in [0.5, 0.6) is 0 Å². The van der Waals surface area contributed by atoms with Gasteiger partial charge in [0.2, 0.25) is 23.7 Å². The SMILES string of the molecule is Cn1nc(C2CCC(=O)NC2=O)c2cccc(C#CCO[C@H]3CCN(CC4CCC(/C=[N+]5/C=C(NC(=O)OC(C)(C)C)C(C(F)F)=N5)CC4)C[C@H]3F)c21. The van der Waals surface area contributed by atoms with Gasteiger partial charge in [-0.1, -0.05) is 28.7 Å². The molecule has 12 nitrogen and oxygen atoms in total. The Labute approximate surface area is 306 Å². The van der Waals surface area contributed by atoms with Crippen molar-refractivity contribution in [3.05, 3.63) is 41.4 Å². The molecular weight excluding hydrogens is 691 g/mol. The molecule has 3 atom stereocenters. The summed E-state index contributed by atoms with van der Waals surface area (Å²) in [4.78, 5) is 38.5. The van der Waals surface area contributed by atoms with Gasteiger partial charge in [-0.3, -0.25) is 29.8 Å². The van der Waals surface area contributed by atoms with Crippen LogP contribution in [0.15, 0.2) is 35.2 Å². The highest BCUT2D eigenvalue weighted by Crippen LogP contribution is 2.32. The van der Waals surface area contributed by atoms with E-state index in [1.165, 1.54) is 10.9 Å². The number of hydrogen-bond donors (Lipinski definition) is 2. The maximum Gasteiger partial charge on any atom is 0.412 e. The summed E-state index contributed by atoms with van der Waals surface area (Å²) >= 11 is 0. The maximum absolute atomic E-state index is 15.3. The van der Waals surface area contributed by atoms with Gasteiger partial charge in [0.15, 0.2) is 6.21 Å². The first-order valence-corrected chi connectivity index (χ1v) is 18.2. The fraction of sp³-hybridized carbons (Fsp3) is 0.579. The van der Waals surface area contributed by atoms with Gasteiger partial charge in [-0.25, -0.2) is 18.0 Å². The van der Waals surface area contributed by atoms with Crippen molar-refractivity contribution in [2.45, 2.75) is 95.9 Å². The van der Waals surface area contributed by atoms with Gasteiger partial charge in [0.05, 0.1) is 28.8 Å². The maximum atomic E-state index is 15.3. The Morgan fingerprint density at radius 3 is 2.64 bits per heavy atom. The fourth-order valence-electron chi connectivity index (χ4n) is 7.51. The predicted octanol–water partition coefficient (Wildman–Crippen LogP) is 4.76. The van der Waals surface area contributed by atoms with Crippen LogP contribution in [0.1, 0.15) is 82.9 Å². The number of para-hydroxylation sites is 1. The van der Waals surface area contributed by atoms with Gasteiger partial charge in [-0.15, -0.1) is 0 Å². The Morgan fingerprint density at radius 1 is 1.17 bits per heavy atom. The number of amides is 3. The van der Waals surface area contributed by atoms with Crippen molar-refractivity contribution >= 4 is 40.7 Å². The van der Waals surface area contributed by atoms with Crippen molar-refractivity contribution in [3.63, 3.8) is 0 Å². The van der Waals surface area contributed by atoms with E-state index in [1.54, 1.807) is 32.5 Å². The number of hydrazone groups is 1. The molecular formula is C38H47F3N7O5+. The predicted molar refractivity (Wildman–Crippen MR) is 191 cm³/mol. The topological polar surface area (TPSA) is 130 Å². The number of ether oxygens (including phenoxy) is 2. The molecule has 15 heteroatoms. The number of fused-ring (bicyclic) bond motifs is 1. The van der Waals surface area contributed by atoms with Crippen LogP contribution in [0, 0.1) is 23.7 Å². The molecule has 284 valence electrons. The lowest BCUT2D eigenvalue weighted by Crippen LogP contribution is -2.47. The average molecular weight is 739 g/mol. The summed E-state index contributed by atoms with van der Waals surface area (Å²) in [7, 11) is 1.80. The van der Waals surface area contributed by atoms with Crippen LogP contribution < -0.4 is 10.6 Å². The number of hydrogen-bond acceptors (Lipinski definition) is 8. The van der Waals surface area contributed by atoms with Gasteiger partial charge in [0.1, 0.15) is 24.1 Å². The zero-order valence-electron chi connectivity index (χ0n) is 30.5. The molecule has 3 amide bonds. The quantitative estimate of drug-likeness (QED) is 0.227. The number of carbonyl (C=O) groups is 3. The molecule has 3 aliphatic heterocycles. The Balaban J connectivity index is 0.957. The van der Waals surface area contributed by atoms with Crippen molar-refractivity contribution in [1.29, 1.82) is 0 Å². The van der Waals surface area contributed by atoms with E-state index in [0.717, 1.165) is 55.2 Å². The number of carbonyl (C=O) groups excluding carboxylic acids is 3. The number of aryl methyl sites for hydroxylation is 1. The number of alkyl halides is 3. The summed E-state index contributed by atoms with van der Waals surface area (Å²) in [6.07, 6.45) is 2.64. The molecule has 2 aromatic rings. The summed E-state index contributed by atoms with van der Waals surface area (Å²) in [5, 5.41) is 14.2. The molecule has 1 unspecified atom stereocenters. The molecule has 4 aliphatic rings. The van der Waals surface area contributed by atoms with Crippen LogP contribution >= 0.6 is 0 Å². The number of allylic oxidation sites excluding steroid dienone is 1. The van der Waals surface area contributed by atoms with Crippen molar-refractivity contribution < 1.29 is 41.7 Å². The smallest absolute Gasteiger partial charge is 0.412 e. The lowest BCUT2D eigenvalue weighted by molar-refractivity contribution is -0.456. The lowest BCUT2D eigenvalue weighted by Gasteiger charge is -2.37. The second kappa shape index (κ2) is 16.2. The van der Waals surface area contributed by atoms with Crippen molar-refractivity contribution in [3.8, 4) is 11.8 Å². The Kier molecular flexibility index (Phi) is 11.7. The first-order valence-electron chi connectivity index (χ1n) is 18.2. The van der Waals surface area contributed by atoms with Gasteiger partial charge >= 0.3 is 6.09 Å². The Bertz CT molecular complexity index is 1880. The summed E-state index contributed by atoms with van der Waals surface area (Å²) in [6.45, 7) is 6.95. The van der Waals surface area contributed by atoms with E-state index in [2.05, 4.69) is 37.6 Å². The number of alkyl carbamates (subject to hydrolysis) is 1.